The summed E-state index contributed by atoms with van der Waals surface area (Å²) in [4.78, 5) is 14.9. The average Bonchev–Trinajstić information content (AvgIpc) is 3.32. The molecular formula is C25H25FN4O4. The van der Waals surface area contributed by atoms with Crippen LogP contribution in [0.4, 0.5) is 4.39 Å². The third-order valence-corrected chi connectivity index (χ3v) is 5.89. The Kier molecular flexibility index (Phi) is 6.47. The van der Waals surface area contributed by atoms with Crippen molar-refractivity contribution in [3.05, 3.63) is 77.5 Å². The summed E-state index contributed by atoms with van der Waals surface area (Å²) in [6, 6.07) is 10.8. The van der Waals surface area contributed by atoms with Crippen LogP contribution in [0.1, 0.15) is 41.5 Å². The van der Waals surface area contributed by atoms with Crippen LogP contribution < -0.4 is 4.74 Å². The molecule has 0 saturated carbocycles. The number of aliphatic hydroxyl groups excluding tert-OH is 1. The zero-order valence-corrected chi connectivity index (χ0v) is 19.1. The van der Waals surface area contributed by atoms with Gasteiger partial charge < -0.3 is 20.0 Å². The second-order valence-corrected chi connectivity index (χ2v) is 7.89. The summed E-state index contributed by atoms with van der Waals surface area (Å²) in [5, 5.41) is 27.9. The van der Waals surface area contributed by atoms with E-state index < -0.39 is 6.04 Å². The van der Waals surface area contributed by atoms with E-state index in [9.17, 15) is 19.5 Å². The van der Waals surface area contributed by atoms with Crippen molar-refractivity contribution in [3.8, 4) is 28.1 Å². The first-order valence-corrected chi connectivity index (χ1v) is 10.8. The van der Waals surface area contributed by atoms with Gasteiger partial charge in [-0.3, -0.25) is 4.79 Å². The van der Waals surface area contributed by atoms with Crippen molar-refractivity contribution in [1.29, 1.82) is 0 Å². The maximum absolute atomic E-state index is 13.8. The molecule has 2 aliphatic rings. The van der Waals surface area contributed by atoms with Gasteiger partial charge in [0.05, 0.1) is 37.3 Å². The normalized spacial score (nSPS) is 12.0. The quantitative estimate of drug-likeness (QED) is 0.399. The molecular weight excluding hydrogens is 439 g/mol. The summed E-state index contributed by atoms with van der Waals surface area (Å²) in [6.45, 7) is 3.64. The van der Waals surface area contributed by atoms with Crippen molar-refractivity contribution in [2.75, 3.05) is 13.7 Å². The smallest absolute Gasteiger partial charge is 0.254 e. The Hall–Kier alpha value is -3.98. The number of nitrogens with zero attached hydrogens (tertiary/aromatic N) is 4. The van der Waals surface area contributed by atoms with Crippen LogP contribution in [-0.2, 0) is 6.61 Å². The molecule has 8 nitrogen and oxygen atoms in total. The summed E-state index contributed by atoms with van der Waals surface area (Å²) >= 11 is 0. The minimum atomic E-state index is -0.476. The summed E-state index contributed by atoms with van der Waals surface area (Å²) < 4.78 is 20.3. The number of hydrogen-bond donors (Lipinski definition) is 2. The van der Waals surface area contributed by atoms with Crippen molar-refractivity contribution in [2.24, 2.45) is 0 Å². The molecule has 4 rings (SSSR count). The van der Waals surface area contributed by atoms with Crippen LogP contribution in [0.25, 0.3) is 22.4 Å². The Balaban J connectivity index is 1.67. The third-order valence-electron chi connectivity index (χ3n) is 5.89. The molecule has 2 heterocycles. The highest BCUT2D eigenvalue weighted by Crippen LogP contribution is 2.35. The number of pyridine rings is 1. The van der Waals surface area contributed by atoms with Gasteiger partial charge in [-0.25, -0.2) is 4.39 Å². The highest BCUT2D eigenvalue weighted by atomic mass is 19.1. The number of rotatable bonds is 7. The number of fused-ring (bicyclic) bond motifs is 1. The minimum absolute atomic E-state index is 0.263. The minimum Gasteiger partial charge on any atom is -0.493 e. The Labute approximate surface area is 196 Å². The molecule has 0 aromatic heterocycles. The lowest BCUT2D eigenvalue weighted by molar-refractivity contribution is 0.0738. The van der Waals surface area contributed by atoms with Crippen LogP contribution >= 0.6 is 0 Å². The second kappa shape index (κ2) is 9.48. The molecule has 1 unspecified atom stereocenters. The zero-order chi connectivity index (χ0) is 24.4. The molecule has 2 N–H and O–H groups in total. The molecule has 0 saturated heterocycles. The molecule has 1 atom stereocenters. The number of amides is 1. The molecule has 0 bridgehead atoms. The number of carbonyl (C=O) groups excluding carboxylic acids is 1. The summed E-state index contributed by atoms with van der Waals surface area (Å²) in [5.41, 5.74) is 3.57. The van der Waals surface area contributed by atoms with E-state index in [1.807, 2.05) is 13.8 Å². The van der Waals surface area contributed by atoms with E-state index in [1.54, 1.807) is 37.4 Å². The summed E-state index contributed by atoms with van der Waals surface area (Å²) in [6.07, 6.45) is 2.89. The molecule has 0 radical (unpaired) electrons. The lowest BCUT2D eigenvalue weighted by atomic mass is 9.99. The zero-order valence-electron chi connectivity index (χ0n) is 19.1. The monoisotopic (exact) mass is 464 g/mol. The number of carbonyl (C=O) groups is 1. The SMILES string of the molecule is CCOc1cc(C(=O)N(C)C(C)c2cn(O)c(CO)c3cnnc2-3)ccc1-c1cccc(F)c1. The standard InChI is InChI=1S/C25H25FN4O4/c1-4-34-23-11-17(8-9-19(23)16-6-5-7-18(26)10-16)25(32)29(3)15(2)21-13-30(33)22(14-31)20-12-27-28-24(20)21/h5-13,15,31,33H,4,14H2,1-3H3. The highest BCUT2D eigenvalue weighted by molar-refractivity contribution is 5.96. The lowest BCUT2D eigenvalue weighted by Crippen LogP contribution is -2.30. The van der Waals surface area contributed by atoms with Gasteiger partial charge in [-0.05, 0) is 49.7 Å². The van der Waals surface area contributed by atoms with Gasteiger partial charge in [-0.2, -0.15) is 9.83 Å². The predicted octanol–water partition coefficient (Wildman–Crippen LogP) is 4.15. The van der Waals surface area contributed by atoms with E-state index in [0.717, 1.165) is 4.73 Å². The Morgan fingerprint density at radius 1 is 1.24 bits per heavy atom. The molecule has 176 valence electrons. The lowest BCUT2D eigenvalue weighted by Gasteiger charge is -2.27. The number of ether oxygens (including phenoxy) is 1. The van der Waals surface area contributed by atoms with Gasteiger partial charge >= 0.3 is 0 Å². The first kappa shape index (κ1) is 23.2. The summed E-state index contributed by atoms with van der Waals surface area (Å²) in [7, 11) is 1.65. The maximum Gasteiger partial charge on any atom is 0.254 e. The van der Waals surface area contributed by atoms with Gasteiger partial charge in [0.15, 0.2) is 0 Å². The van der Waals surface area contributed by atoms with E-state index in [-0.39, 0.29) is 24.0 Å². The van der Waals surface area contributed by atoms with Crippen molar-refractivity contribution in [2.45, 2.75) is 26.5 Å². The van der Waals surface area contributed by atoms with Crippen LogP contribution in [-0.4, -0.2) is 49.7 Å². The highest BCUT2D eigenvalue weighted by Gasteiger charge is 2.27. The molecule has 0 spiro atoms. The molecule has 2 aliphatic heterocycles. The molecule has 1 amide bonds. The molecule has 2 aromatic rings. The number of aliphatic hydroxyl groups is 1. The largest absolute Gasteiger partial charge is 0.493 e. The molecule has 0 fully saturated rings. The van der Waals surface area contributed by atoms with Crippen LogP contribution in [0.2, 0.25) is 0 Å². The first-order valence-electron chi connectivity index (χ1n) is 10.8. The number of benzene rings is 2. The van der Waals surface area contributed by atoms with Crippen molar-refractivity contribution in [1.82, 2.24) is 19.8 Å². The molecule has 9 heteroatoms. The second-order valence-electron chi connectivity index (χ2n) is 7.89. The van der Waals surface area contributed by atoms with Crippen molar-refractivity contribution < 1.29 is 24.2 Å². The van der Waals surface area contributed by atoms with Crippen molar-refractivity contribution in [3.63, 3.8) is 0 Å². The maximum atomic E-state index is 13.8. The van der Waals surface area contributed by atoms with Crippen LogP contribution in [0.5, 0.6) is 5.75 Å². The Morgan fingerprint density at radius 2 is 2.03 bits per heavy atom. The number of hydrogen-bond acceptors (Lipinski definition) is 6. The number of aromatic nitrogens is 3. The van der Waals surface area contributed by atoms with Gasteiger partial charge in [-0.15, -0.1) is 5.10 Å². The van der Waals surface area contributed by atoms with Gasteiger partial charge in [-0.1, -0.05) is 12.1 Å². The number of halogens is 1. The van der Waals surface area contributed by atoms with Crippen LogP contribution in [0.3, 0.4) is 0 Å². The third kappa shape index (κ3) is 4.17. The van der Waals surface area contributed by atoms with Gasteiger partial charge in [0.1, 0.15) is 17.3 Å². The van der Waals surface area contributed by atoms with E-state index in [2.05, 4.69) is 10.2 Å². The van der Waals surface area contributed by atoms with Gasteiger partial charge in [0.2, 0.25) is 0 Å². The first-order chi connectivity index (χ1) is 16.3. The molecule has 34 heavy (non-hydrogen) atoms. The molecule has 2 aromatic carbocycles. The average molecular weight is 464 g/mol. The van der Waals surface area contributed by atoms with E-state index in [0.29, 0.717) is 45.9 Å². The molecule has 0 aliphatic carbocycles. The van der Waals surface area contributed by atoms with E-state index in [4.69, 9.17) is 4.74 Å². The topological polar surface area (TPSA) is 101 Å². The van der Waals surface area contributed by atoms with Gasteiger partial charge in [0.25, 0.3) is 5.91 Å². The fourth-order valence-electron chi connectivity index (χ4n) is 3.95. The fraction of sp³-hybridized carbons (Fsp3) is 0.240. The van der Waals surface area contributed by atoms with Crippen molar-refractivity contribution >= 4 is 5.91 Å². The summed E-state index contributed by atoms with van der Waals surface area (Å²) in [5.74, 6) is -0.156. The Morgan fingerprint density at radius 3 is 2.74 bits per heavy atom. The van der Waals surface area contributed by atoms with Gasteiger partial charge in [0, 0.05) is 29.3 Å². The Bertz CT molecular complexity index is 1310. The predicted molar refractivity (Wildman–Crippen MR) is 123 cm³/mol. The van der Waals surface area contributed by atoms with E-state index >= 15 is 0 Å². The van der Waals surface area contributed by atoms with Crippen LogP contribution in [0.15, 0.2) is 54.9 Å². The van der Waals surface area contributed by atoms with Crippen LogP contribution in [0, 0.1) is 5.82 Å². The fourth-order valence-corrected chi connectivity index (χ4v) is 3.95. The van der Waals surface area contributed by atoms with E-state index in [1.165, 1.54) is 29.4 Å².